The van der Waals surface area contributed by atoms with Crippen molar-refractivity contribution >= 4 is 11.4 Å². The van der Waals surface area contributed by atoms with E-state index in [0.717, 1.165) is 13.1 Å². The Bertz CT molecular complexity index is 1050. The Morgan fingerprint density at radius 2 is 1.45 bits per heavy atom. The van der Waals surface area contributed by atoms with Crippen molar-refractivity contribution in [3.63, 3.8) is 0 Å². The van der Waals surface area contributed by atoms with Gasteiger partial charge in [0, 0.05) is 41.0 Å². The molecular formula is C29H38N2. The standard InChI is InChI=1S/C29H38N2/c1-9-30-24-16-14-20(3)18-22(24)28(5,6)26(30)12-11-13-27-29(7,8)23-19-21(4)15-17-25(23)31(27)10-2/h11-19,26H,9-10H2,1-8H3. The highest BCUT2D eigenvalue weighted by molar-refractivity contribution is 5.71. The first-order valence-electron chi connectivity index (χ1n) is 11.8. The fraction of sp³-hybridized carbons (Fsp3) is 0.448. The molecule has 0 saturated carbocycles. The smallest absolute Gasteiger partial charge is 0.0568 e. The van der Waals surface area contributed by atoms with Crippen molar-refractivity contribution in [2.75, 3.05) is 22.9 Å². The molecule has 0 spiro atoms. The minimum absolute atomic E-state index is 0.0113. The van der Waals surface area contributed by atoms with Crippen LogP contribution in [0.5, 0.6) is 0 Å². The highest BCUT2D eigenvalue weighted by Crippen LogP contribution is 2.48. The summed E-state index contributed by atoms with van der Waals surface area (Å²) in [6, 6.07) is 14.2. The van der Waals surface area contributed by atoms with Crippen molar-refractivity contribution in [1.29, 1.82) is 0 Å². The maximum atomic E-state index is 2.55. The zero-order valence-electron chi connectivity index (χ0n) is 20.6. The second-order valence-corrected chi connectivity index (χ2v) is 10.3. The highest BCUT2D eigenvalue weighted by Gasteiger charge is 2.43. The first kappa shape index (κ1) is 21.7. The van der Waals surface area contributed by atoms with Gasteiger partial charge in [-0.25, -0.2) is 0 Å². The maximum absolute atomic E-state index is 2.55. The predicted octanol–water partition coefficient (Wildman–Crippen LogP) is 7.05. The van der Waals surface area contributed by atoms with Gasteiger partial charge >= 0.3 is 0 Å². The number of hydrogen-bond acceptors (Lipinski definition) is 2. The number of aryl methyl sites for hydroxylation is 2. The number of benzene rings is 2. The van der Waals surface area contributed by atoms with Gasteiger partial charge in [-0.3, -0.25) is 0 Å². The molecule has 0 N–H and O–H groups in total. The number of hydrogen-bond donors (Lipinski definition) is 0. The van der Waals surface area contributed by atoms with Gasteiger partial charge in [0.05, 0.1) is 6.04 Å². The van der Waals surface area contributed by atoms with Crippen LogP contribution in [0, 0.1) is 13.8 Å². The van der Waals surface area contributed by atoms with Crippen molar-refractivity contribution in [3.8, 4) is 0 Å². The van der Waals surface area contributed by atoms with E-state index in [0.29, 0.717) is 6.04 Å². The molecule has 4 rings (SSSR count). The third kappa shape index (κ3) is 3.32. The van der Waals surface area contributed by atoms with Gasteiger partial charge < -0.3 is 9.80 Å². The monoisotopic (exact) mass is 414 g/mol. The van der Waals surface area contributed by atoms with E-state index < -0.39 is 0 Å². The lowest BCUT2D eigenvalue weighted by Crippen LogP contribution is -2.39. The van der Waals surface area contributed by atoms with Crippen LogP contribution in [0.1, 0.15) is 63.8 Å². The summed E-state index contributed by atoms with van der Waals surface area (Å²) >= 11 is 0. The molecule has 2 aromatic rings. The molecule has 2 nitrogen and oxygen atoms in total. The lowest BCUT2D eigenvalue weighted by Gasteiger charge is -2.31. The van der Waals surface area contributed by atoms with Gasteiger partial charge in [-0.15, -0.1) is 0 Å². The van der Waals surface area contributed by atoms with Crippen LogP contribution in [0.25, 0.3) is 0 Å². The molecule has 0 aromatic heterocycles. The third-order valence-electron chi connectivity index (χ3n) is 7.48. The van der Waals surface area contributed by atoms with Gasteiger partial charge in [-0.1, -0.05) is 75.2 Å². The maximum Gasteiger partial charge on any atom is 0.0568 e. The fourth-order valence-electron chi connectivity index (χ4n) is 5.71. The first-order valence-corrected chi connectivity index (χ1v) is 11.8. The van der Waals surface area contributed by atoms with Crippen LogP contribution < -0.4 is 9.80 Å². The van der Waals surface area contributed by atoms with Gasteiger partial charge in [-0.2, -0.15) is 0 Å². The van der Waals surface area contributed by atoms with E-state index >= 15 is 0 Å². The zero-order valence-corrected chi connectivity index (χ0v) is 20.6. The summed E-state index contributed by atoms with van der Waals surface area (Å²) in [7, 11) is 0. The minimum Gasteiger partial charge on any atom is -0.364 e. The van der Waals surface area contributed by atoms with E-state index in [4.69, 9.17) is 0 Å². The number of nitrogens with zero attached hydrogens (tertiary/aromatic N) is 2. The molecule has 0 saturated heterocycles. The molecule has 31 heavy (non-hydrogen) atoms. The van der Waals surface area contributed by atoms with Gasteiger partial charge in [0.25, 0.3) is 0 Å². The molecule has 0 radical (unpaired) electrons. The Labute approximate surface area is 189 Å². The summed E-state index contributed by atoms with van der Waals surface area (Å²) in [5.41, 5.74) is 9.81. The van der Waals surface area contributed by atoms with Crippen LogP contribution in [0.2, 0.25) is 0 Å². The summed E-state index contributed by atoms with van der Waals surface area (Å²) in [4.78, 5) is 5.04. The average Bonchev–Trinajstić information content (AvgIpc) is 3.06. The average molecular weight is 415 g/mol. The van der Waals surface area contributed by atoms with Crippen molar-refractivity contribution in [2.45, 2.75) is 72.3 Å². The Balaban J connectivity index is 1.70. The van der Waals surface area contributed by atoms with Crippen LogP contribution >= 0.6 is 0 Å². The Kier molecular flexibility index (Phi) is 5.32. The molecule has 0 amide bonds. The van der Waals surface area contributed by atoms with Crippen LogP contribution in [0.4, 0.5) is 11.4 Å². The largest absolute Gasteiger partial charge is 0.364 e. The van der Waals surface area contributed by atoms with Crippen LogP contribution in [0.3, 0.4) is 0 Å². The number of allylic oxidation sites excluding steroid dienone is 3. The number of fused-ring (bicyclic) bond motifs is 2. The van der Waals surface area contributed by atoms with E-state index in [1.807, 2.05) is 0 Å². The summed E-state index contributed by atoms with van der Waals surface area (Å²) in [6.07, 6.45) is 7.09. The van der Waals surface area contributed by atoms with E-state index in [1.54, 1.807) is 0 Å². The van der Waals surface area contributed by atoms with Crippen molar-refractivity contribution < 1.29 is 0 Å². The normalized spacial score (nSPS) is 22.5. The van der Waals surface area contributed by atoms with Gasteiger partial charge in [-0.05, 0) is 57.0 Å². The Morgan fingerprint density at radius 1 is 0.839 bits per heavy atom. The molecule has 2 aliphatic rings. The molecule has 0 fully saturated rings. The summed E-state index contributed by atoms with van der Waals surface area (Å²) < 4.78 is 0. The third-order valence-corrected chi connectivity index (χ3v) is 7.48. The van der Waals surface area contributed by atoms with E-state index in [1.165, 1.54) is 39.3 Å². The van der Waals surface area contributed by atoms with Crippen LogP contribution in [-0.4, -0.2) is 19.1 Å². The van der Waals surface area contributed by atoms with Gasteiger partial charge in [0.2, 0.25) is 0 Å². The Hall–Kier alpha value is -2.48. The second kappa shape index (κ2) is 7.58. The van der Waals surface area contributed by atoms with Crippen molar-refractivity contribution in [3.05, 3.63) is 82.6 Å². The van der Waals surface area contributed by atoms with E-state index in [-0.39, 0.29) is 10.8 Å². The second-order valence-electron chi connectivity index (χ2n) is 10.3. The lowest BCUT2D eigenvalue weighted by atomic mass is 9.79. The van der Waals surface area contributed by atoms with Gasteiger partial charge in [0.1, 0.15) is 0 Å². The van der Waals surface area contributed by atoms with Crippen molar-refractivity contribution in [1.82, 2.24) is 0 Å². The van der Waals surface area contributed by atoms with Gasteiger partial charge in [0.15, 0.2) is 0 Å². The van der Waals surface area contributed by atoms with Crippen LogP contribution in [0.15, 0.2) is 60.3 Å². The Morgan fingerprint density at radius 3 is 2.06 bits per heavy atom. The summed E-state index contributed by atoms with van der Waals surface area (Å²) in [6.45, 7) is 20.4. The van der Waals surface area contributed by atoms with Crippen LogP contribution in [-0.2, 0) is 10.8 Å². The molecule has 2 aromatic carbocycles. The van der Waals surface area contributed by atoms with E-state index in [2.05, 4.69) is 120 Å². The molecule has 164 valence electrons. The topological polar surface area (TPSA) is 6.48 Å². The molecule has 2 aliphatic heterocycles. The number of rotatable bonds is 4. The predicted molar refractivity (Wildman–Crippen MR) is 135 cm³/mol. The SMILES string of the molecule is CCN1C(=CC=CC2N(CC)c3ccc(C)cc3C2(C)C)C(C)(C)c2cc(C)ccc21. The van der Waals surface area contributed by atoms with Crippen molar-refractivity contribution in [2.24, 2.45) is 0 Å². The minimum atomic E-state index is 0.0113. The summed E-state index contributed by atoms with van der Waals surface area (Å²) in [5, 5.41) is 0. The summed E-state index contributed by atoms with van der Waals surface area (Å²) in [5.74, 6) is 0. The molecule has 1 unspecified atom stereocenters. The molecule has 2 heteroatoms. The molecule has 2 heterocycles. The quantitative estimate of drug-likeness (QED) is 0.529. The van der Waals surface area contributed by atoms with E-state index in [9.17, 15) is 0 Å². The number of anilines is 2. The number of likely N-dealkylation sites (N-methyl/N-ethyl adjacent to an activating group) is 2. The first-order chi connectivity index (χ1) is 14.6. The fourth-order valence-corrected chi connectivity index (χ4v) is 5.71. The highest BCUT2D eigenvalue weighted by atomic mass is 15.2. The zero-order chi connectivity index (χ0) is 22.6. The molecule has 0 aliphatic carbocycles. The molecule has 1 atom stereocenters. The molecule has 0 bridgehead atoms. The lowest BCUT2D eigenvalue weighted by molar-refractivity contribution is 0.478. The molecular weight excluding hydrogens is 376 g/mol.